The summed E-state index contributed by atoms with van der Waals surface area (Å²) in [5, 5.41) is 1.06. The van der Waals surface area contributed by atoms with Gasteiger partial charge in [-0.2, -0.15) is 0 Å². The van der Waals surface area contributed by atoms with Crippen LogP contribution in [0.5, 0.6) is 0 Å². The van der Waals surface area contributed by atoms with Crippen molar-refractivity contribution in [2.24, 2.45) is 46.3 Å². The molecule has 212 valence electrons. The molecule has 3 heteroatoms. The van der Waals surface area contributed by atoms with E-state index >= 15 is 0 Å². The molecule has 0 saturated heterocycles. The summed E-state index contributed by atoms with van der Waals surface area (Å²) < 4.78 is 6.01. The number of fused-ring (bicyclic) bond motifs is 5. The molecule has 0 amide bonds. The van der Waals surface area contributed by atoms with E-state index in [4.69, 9.17) is 4.74 Å². The second-order valence-corrected chi connectivity index (χ2v) is 15.3. The van der Waals surface area contributed by atoms with Crippen molar-refractivity contribution in [2.45, 2.75) is 143 Å². The molecule has 4 rings (SSSR count). The van der Waals surface area contributed by atoms with Gasteiger partial charge >= 0.3 is 5.97 Å². The van der Waals surface area contributed by atoms with Crippen LogP contribution in [0, 0.1) is 46.3 Å². The number of halogens is 1. The van der Waals surface area contributed by atoms with Crippen molar-refractivity contribution in [1.82, 2.24) is 0 Å². The van der Waals surface area contributed by atoms with Crippen LogP contribution in [0.4, 0.5) is 0 Å². The largest absolute Gasteiger partial charge is 0.462 e. The quantitative estimate of drug-likeness (QED) is 0.0998. The van der Waals surface area contributed by atoms with E-state index in [0.717, 1.165) is 66.5 Å². The Balaban J connectivity index is 1.34. The molecule has 0 aromatic rings. The fourth-order valence-electron chi connectivity index (χ4n) is 9.71. The molecule has 4 aliphatic carbocycles. The van der Waals surface area contributed by atoms with Crippen molar-refractivity contribution in [3.05, 3.63) is 11.6 Å². The minimum Gasteiger partial charge on any atom is -0.462 e. The molecular formula is C34H57BrO2. The molecule has 4 aliphatic rings. The number of allylic oxidation sites excluding steroid dienone is 1. The normalized spacial score (nSPS) is 37.9. The van der Waals surface area contributed by atoms with Gasteiger partial charge in [0.2, 0.25) is 0 Å². The van der Waals surface area contributed by atoms with Crippen molar-refractivity contribution in [1.29, 1.82) is 0 Å². The number of carbonyl (C=O) groups is 1. The summed E-state index contributed by atoms with van der Waals surface area (Å²) >= 11 is 3.49. The van der Waals surface area contributed by atoms with E-state index in [1.807, 2.05) is 0 Å². The van der Waals surface area contributed by atoms with Crippen molar-refractivity contribution in [3.8, 4) is 0 Å². The summed E-state index contributed by atoms with van der Waals surface area (Å²) in [6, 6.07) is 0. The zero-order chi connectivity index (χ0) is 26.6. The van der Waals surface area contributed by atoms with Crippen molar-refractivity contribution >= 4 is 21.9 Å². The molecule has 3 saturated carbocycles. The van der Waals surface area contributed by atoms with Crippen molar-refractivity contribution < 1.29 is 9.53 Å². The zero-order valence-corrected chi connectivity index (χ0v) is 26.4. The fourth-order valence-corrected chi connectivity index (χ4v) is 10.1. The Kier molecular flexibility index (Phi) is 10.3. The Hall–Kier alpha value is -0.310. The number of esters is 1. The maximum atomic E-state index is 12.5. The Morgan fingerprint density at radius 3 is 2.51 bits per heavy atom. The lowest BCUT2D eigenvalue weighted by Gasteiger charge is -2.58. The average Bonchev–Trinajstić information content (AvgIpc) is 3.21. The Morgan fingerprint density at radius 1 is 0.973 bits per heavy atom. The van der Waals surface area contributed by atoms with Gasteiger partial charge < -0.3 is 4.74 Å². The molecule has 0 N–H and O–H groups in total. The average molecular weight is 578 g/mol. The highest BCUT2D eigenvalue weighted by Gasteiger charge is 2.59. The van der Waals surface area contributed by atoms with Gasteiger partial charge in [0, 0.05) is 18.2 Å². The molecular weight excluding hydrogens is 520 g/mol. The maximum Gasteiger partial charge on any atom is 0.306 e. The summed E-state index contributed by atoms with van der Waals surface area (Å²) in [5.41, 5.74) is 2.53. The summed E-state index contributed by atoms with van der Waals surface area (Å²) in [4.78, 5) is 12.5. The molecule has 0 aliphatic heterocycles. The number of alkyl halides is 1. The second kappa shape index (κ2) is 12.9. The van der Waals surface area contributed by atoms with Gasteiger partial charge in [-0.05, 0) is 104 Å². The predicted octanol–water partition coefficient (Wildman–Crippen LogP) is 10.3. The van der Waals surface area contributed by atoms with E-state index in [1.165, 1.54) is 70.6 Å². The van der Waals surface area contributed by atoms with Crippen LogP contribution in [0.15, 0.2) is 11.6 Å². The van der Waals surface area contributed by atoms with Crippen LogP contribution in [0.3, 0.4) is 0 Å². The number of unbranched alkanes of at least 4 members (excludes halogenated alkanes) is 3. The molecule has 37 heavy (non-hydrogen) atoms. The summed E-state index contributed by atoms with van der Waals surface area (Å²) in [5.74, 6) is 5.31. The molecule has 2 nitrogen and oxygen atoms in total. The lowest BCUT2D eigenvalue weighted by Crippen LogP contribution is -2.51. The standard InChI is InChI=1S/C34H57BrO2/c1-24(2)11-10-12-25(3)29-16-17-30-28-15-14-26-23-27(37-32(36)13-8-6-7-9-22-35)18-20-33(26,4)31(28)19-21-34(29,30)5/h14,24-25,27-31H,6-13,15-23H2,1-5H3/t25-,27+,28+,29-,30+,31+,33+,34-/m1/s1. The minimum atomic E-state index is 0.0367. The highest BCUT2D eigenvalue weighted by atomic mass is 79.9. The third-order valence-electron chi connectivity index (χ3n) is 11.8. The Labute approximate surface area is 237 Å². The van der Waals surface area contributed by atoms with E-state index in [9.17, 15) is 4.79 Å². The molecule has 0 unspecified atom stereocenters. The smallest absolute Gasteiger partial charge is 0.306 e. The highest BCUT2D eigenvalue weighted by molar-refractivity contribution is 9.09. The monoisotopic (exact) mass is 576 g/mol. The van der Waals surface area contributed by atoms with Gasteiger partial charge in [-0.1, -0.05) is 94.3 Å². The number of ether oxygens (including phenoxy) is 1. The number of rotatable bonds is 12. The van der Waals surface area contributed by atoms with E-state index in [-0.39, 0.29) is 12.1 Å². The van der Waals surface area contributed by atoms with Crippen LogP contribution in [-0.2, 0) is 9.53 Å². The SMILES string of the molecule is CC(C)CCC[C@@H](C)[C@H]1CC[C@H]2[C@@H]3CC=C4C[C@@H](OC(=O)CCCCCCBr)CC[C@]4(C)[C@H]3CC[C@]12C. The molecule has 0 spiro atoms. The van der Waals surface area contributed by atoms with E-state index in [1.54, 1.807) is 5.57 Å². The highest BCUT2D eigenvalue weighted by Crippen LogP contribution is 2.67. The summed E-state index contributed by atoms with van der Waals surface area (Å²) in [7, 11) is 0. The molecule has 0 aromatic heterocycles. The first-order chi connectivity index (χ1) is 17.7. The first kappa shape index (κ1) is 29.7. The van der Waals surface area contributed by atoms with E-state index < -0.39 is 0 Å². The molecule has 8 atom stereocenters. The Bertz CT molecular complexity index is 789. The van der Waals surface area contributed by atoms with Gasteiger partial charge in [0.25, 0.3) is 0 Å². The molecule has 3 fully saturated rings. The van der Waals surface area contributed by atoms with Gasteiger partial charge in [-0.15, -0.1) is 0 Å². The van der Waals surface area contributed by atoms with Crippen LogP contribution in [-0.4, -0.2) is 17.4 Å². The number of carbonyl (C=O) groups excluding carboxylic acids is 1. The van der Waals surface area contributed by atoms with Crippen molar-refractivity contribution in [3.63, 3.8) is 0 Å². The topological polar surface area (TPSA) is 26.3 Å². The molecule has 0 aromatic carbocycles. The van der Waals surface area contributed by atoms with E-state index in [2.05, 4.69) is 56.6 Å². The number of hydrogen-bond acceptors (Lipinski definition) is 2. The lowest BCUT2D eigenvalue weighted by molar-refractivity contribution is -0.151. The third kappa shape index (κ3) is 6.54. The zero-order valence-electron chi connectivity index (χ0n) is 24.8. The summed E-state index contributed by atoms with van der Waals surface area (Å²) in [6.45, 7) is 12.6. The maximum absolute atomic E-state index is 12.5. The van der Waals surface area contributed by atoms with Crippen LogP contribution < -0.4 is 0 Å². The van der Waals surface area contributed by atoms with Gasteiger partial charge in [-0.25, -0.2) is 0 Å². The number of hydrogen-bond donors (Lipinski definition) is 0. The fraction of sp³-hybridized carbons (Fsp3) is 0.912. The van der Waals surface area contributed by atoms with Crippen LogP contribution in [0.1, 0.15) is 137 Å². The van der Waals surface area contributed by atoms with Gasteiger partial charge in [0.15, 0.2) is 0 Å². The lowest BCUT2D eigenvalue weighted by atomic mass is 9.47. The predicted molar refractivity (Wildman–Crippen MR) is 160 cm³/mol. The second-order valence-electron chi connectivity index (χ2n) is 14.5. The van der Waals surface area contributed by atoms with Crippen LogP contribution >= 0.6 is 15.9 Å². The van der Waals surface area contributed by atoms with Crippen LogP contribution in [0.2, 0.25) is 0 Å². The van der Waals surface area contributed by atoms with Gasteiger partial charge in [-0.3, -0.25) is 4.79 Å². The molecule has 0 bridgehead atoms. The van der Waals surface area contributed by atoms with E-state index in [0.29, 0.717) is 17.3 Å². The van der Waals surface area contributed by atoms with Gasteiger partial charge in [0.1, 0.15) is 6.10 Å². The third-order valence-corrected chi connectivity index (χ3v) is 12.4. The molecule has 0 radical (unpaired) electrons. The Morgan fingerprint density at radius 2 is 1.76 bits per heavy atom. The minimum absolute atomic E-state index is 0.0367. The van der Waals surface area contributed by atoms with Crippen molar-refractivity contribution in [2.75, 3.05) is 5.33 Å². The van der Waals surface area contributed by atoms with Gasteiger partial charge in [0.05, 0.1) is 0 Å². The van der Waals surface area contributed by atoms with Crippen LogP contribution in [0.25, 0.3) is 0 Å². The molecule has 0 heterocycles. The first-order valence-corrected chi connectivity index (χ1v) is 17.3. The first-order valence-electron chi connectivity index (χ1n) is 16.1. The summed E-state index contributed by atoms with van der Waals surface area (Å²) in [6.07, 6.45) is 22.4.